The number of pyridine rings is 1. The van der Waals surface area contributed by atoms with E-state index in [9.17, 15) is 0 Å². The standard InChI is InChI=1S/C22H15NO/c1-14-5-4-6-15-13-16(9-10-17(14)15)21-19-11-12-24-22(19)18-7-2-3-8-20(18)23-21/h2-13H,1H3. The Kier molecular flexibility index (Phi) is 2.74. The van der Waals surface area contributed by atoms with Crippen molar-refractivity contribution in [1.29, 1.82) is 0 Å². The third-order valence-corrected chi connectivity index (χ3v) is 4.67. The molecule has 0 spiro atoms. The summed E-state index contributed by atoms with van der Waals surface area (Å²) in [6, 6.07) is 23.1. The number of benzene rings is 3. The molecule has 2 aromatic heterocycles. The Bertz CT molecular complexity index is 1220. The molecule has 2 heterocycles. The highest BCUT2D eigenvalue weighted by molar-refractivity contribution is 6.08. The van der Waals surface area contributed by atoms with E-state index in [1.54, 1.807) is 6.26 Å². The van der Waals surface area contributed by atoms with Gasteiger partial charge in [-0.1, -0.05) is 42.5 Å². The number of aryl methyl sites for hydroxylation is 1. The number of rotatable bonds is 1. The van der Waals surface area contributed by atoms with Crippen LogP contribution in [0.2, 0.25) is 0 Å². The number of hydrogen-bond donors (Lipinski definition) is 0. The number of nitrogens with zero attached hydrogens (tertiary/aromatic N) is 1. The Morgan fingerprint density at radius 3 is 2.67 bits per heavy atom. The van der Waals surface area contributed by atoms with Gasteiger partial charge >= 0.3 is 0 Å². The summed E-state index contributed by atoms with van der Waals surface area (Å²) >= 11 is 0. The average molecular weight is 309 g/mol. The van der Waals surface area contributed by atoms with Crippen molar-refractivity contribution in [3.63, 3.8) is 0 Å². The second-order valence-electron chi connectivity index (χ2n) is 6.15. The molecule has 0 amide bonds. The lowest BCUT2D eigenvalue weighted by atomic mass is 9.99. The van der Waals surface area contributed by atoms with Gasteiger partial charge in [0.2, 0.25) is 0 Å². The summed E-state index contributed by atoms with van der Waals surface area (Å²) < 4.78 is 5.76. The molecule has 3 aromatic carbocycles. The largest absolute Gasteiger partial charge is 0.464 e. The Balaban J connectivity index is 1.86. The monoisotopic (exact) mass is 309 g/mol. The van der Waals surface area contributed by atoms with Gasteiger partial charge in [-0.2, -0.15) is 0 Å². The molecule has 114 valence electrons. The zero-order valence-corrected chi connectivity index (χ0v) is 13.3. The van der Waals surface area contributed by atoms with E-state index in [-0.39, 0.29) is 0 Å². The van der Waals surface area contributed by atoms with Crippen LogP contribution in [0.5, 0.6) is 0 Å². The molecule has 0 saturated carbocycles. The molecule has 2 heteroatoms. The van der Waals surface area contributed by atoms with Gasteiger partial charge < -0.3 is 4.42 Å². The summed E-state index contributed by atoms with van der Waals surface area (Å²) in [6.07, 6.45) is 1.74. The lowest BCUT2D eigenvalue weighted by molar-refractivity contribution is 0.619. The number of hydrogen-bond acceptors (Lipinski definition) is 2. The van der Waals surface area contributed by atoms with E-state index in [2.05, 4.69) is 49.4 Å². The van der Waals surface area contributed by atoms with Gasteiger partial charge in [-0.3, -0.25) is 0 Å². The maximum atomic E-state index is 5.76. The Hall–Kier alpha value is -3.13. The molecular weight excluding hydrogens is 294 g/mol. The molecule has 0 aliphatic heterocycles. The third-order valence-electron chi connectivity index (χ3n) is 4.67. The van der Waals surface area contributed by atoms with Gasteiger partial charge in [0.1, 0.15) is 5.58 Å². The van der Waals surface area contributed by atoms with E-state index in [1.807, 2.05) is 24.3 Å². The highest BCUT2D eigenvalue weighted by Gasteiger charge is 2.13. The quantitative estimate of drug-likeness (QED) is 0.373. The minimum Gasteiger partial charge on any atom is -0.464 e. The third kappa shape index (κ3) is 1.86. The Labute approximate surface area is 139 Å². The molecule has 0 aliphatic rings. The lowest BCUT2D eigenvalue weighted by Crippen LogP contribution is -1.88. The highest BCUT2D eigenvalue weighted by atomic mass is 16.3. The average Bonchev–Trinajstić information content (AvgIpc) is 3.11. The van der Waals surface area contributed by atoms with E-state index in [4.69, 9.17) is 9.40 Å². The van der Waals surface area contributed by atoms with Crippen molar-refractivity contribution in [2.45, 2.75) is 6.92 Å². The molecule has 2 nitrogen and oxygen atoms in total. The van der Waals surface area contributed by atoms with E-state index in [1.165, 1.54) is 16.3 Å². The molecule has 0 aliphatic carbocycles. The fraction of sp³-hybridized carbons (Fsp3) is 0.0455. The molecule has 24 heavy (non-hydrogen) atoms. The van der Waals surface area contributed by atoms with Crippen LogP contribution < -0.4 is 0 Å². The molecule has 0 radical (unpaired) electrons. The molecule has 0 N–H and O–H groups in total. The molecule has 0 saturated heterocycles. The van der Waals surface area contributed by atoms with Crippen LogP contribution in [0.4, 0.5) is 0 Å². The zero-order valence-electron chi connectivity index (χ0n) is 13.3. The van der Waals surface area contributed by atoms with Crippen molar-refractivity contribution in [2.24, 2.45) is 0 Å². The minimum atomic E-state index is 0.903. The predicted molar refractivity (Wildman–Crippen MR) is 99.2 cm³/mol. The molecular formula is C22H15NO. The van der Waals surface area contributed by atoms with Gasteiger partial charge in [-0.25, -0.2) is 4.98 Å². The number of para-hydroxylation sites is 1. The lowest BCUT2D eigenvalue weighted by Gasteiger charge is -2.08. The zero-order chi connectivity index (χ0) is 16.1. The van der Waals surface area contributed by atoms with Crippen LogP contribution in [0.15, 0.2) is 77.4 Å². The van der Waals surface area contributed by atoms with Crippen molar-refractivity contribution in [3.8, 4) is 11.3 Å². The SMILES string of the molecule is Cc1cccc2cc(-c3nc4ccccc4c4occc34)ccc12. The summed E-state index contributed by atoms with van der Waals surface area (Å²) in [5.41, 5.74) is 5.24. The van der Waals surface area contributed by atoms with Gasteiger partial charge in [0.15, 0.2) is 0 Å². The number of furan rings is 1. The topological polar surface area (TPSA) is 26.0 Å². The van der Waals surface area contributed by atoms with Gasteiger partial charge in [0.25, 0.3) is 0 Å². The minimum absolute atomic E-state index is 0.903. The van der Waals surface area contributed by atoms with E-state index in [0.29, 0.717) is 0 Å². The van der Waals surface area contributed by atoms with Crippen molar-refractivity contribution in [3.05, 3.63) is 78.6 Å². The van der Waals surface area contributed by atoms with Crippen molar-refractivity contribution >= 4 is 32.6 Å². The second-order valence-corrected chi connectivity index (χ2v) is 6.15. The van der Waals surface area contributed by atoms with Gasteiger partial charge in [-0.15, -0.1) is 0 Å². The molecule has 0 bridgehead atoms. The van der Waals surface area contributed by atoms with Crippen LogP contribution in [0.3, 0.4) is 0 Å². The number of fused-ring (bicyclic) bond motifs is 4. The normalized spacial score (nSPS) is 11.5. The maximum absolute atomic E-state index is 5.76. The number of aromatic nitrogens is 1. The molecule has 5 rings (SSSR count). The first-order chi connectivity index (χ1) is 11.8. The first-order valence-electron chi connectivity index (χ1n) is 8.07. The second kappa shape index (κ2) is 4.93. The van der Waals surface area contributed by atoms with E-state index < -0.39 is 0 Å². The van der Waals surface area contributed by atoms with Crippen LogP contribution in [0.1, 0.15) is 5.56 Å². The fourth-order valence-electron chi connectivity index (χ4n) is 3.46. The summed E-state index contributed by atoms with van der Waals surface area (Å²) in [5, 5.41) is 4.63. The van der Waals surface area contributed by atoms with Gasteiger partial charge in [0, 0.05) is 16.3 Å². The van der Waals surface area contributed by atoms with Gasteiger partial charge in [0.05, 0.1) is 17.5 Å². The van der Waals surface area contributed by atoms with E-state index >= 15 is 0 Å². The summed E-state index contributed by atoms with van der Waals surface area (Å²) in [7, 11) is 0. The van der Waals surface area contributed by atoms with Crippen LogP contribution >= 0.6 is 0 Å². The van der Waals surface area contributed by atoms with Crippen molar-refractivity contribution in [2.75, 3.05) is 0 Å². The van der Waals surface area contributed by atoms with Crippen molar-refractivity contribution < 1.29 is 4.42 Å². The molecule has 0 unspecified atom stereocenters. The first-order valence-corrected chi connectivity index (χ1v) is 8.07. The van der Waals surface area contributed by atoms with Crippen molar-refractivity contribution in [1.82, 2.24) is 4.98 Å². The summed E-state index contributed by atoms with van der Waals surface area (Å²) in [5.74, 6) is 0. The molecule has 0 fully saturated rings. The summed E-state index contributed by atoms with van der Waals surface area (Å²) in [6.45, 7) is 2.14. The Morgan fingerprint density at radius 2 is 1.71 bits per heavy atom. The molecule has 0 atom stereocenters. The van der Waals surface area contributed by atoms with Crippen LogP contribution in [0, 0.1) is 6.92 Å². The van der Waals surface area contributed by atoms with Gasteiger partial charge in [-0.05, 0) is 47.5 Å². The maximum Gasteiger partial charge on any atom is 0.145 e. The fourth-order valence-corrected chi connectivity index (χ4v) is 3.46. The Morgan fingerprint density at radius 1 is 0.792 bits per heavy atom. The van der Waals surface area contributed by atoms with Crippen LogP contribution in [-0.2, 0) is 0 Å². The highest BCUT2D eigenvalue weighted by Crippen LogP contribution is 2.34. The first kappa shape index (κ1) is 13.3. The van der Waals surface area contributed by atoms with Crippen LogP contribution in [0.25, 0.3) is 43.9 Å². The molecule has 5 aromatic rings. The van der Waals surface area contributed by atoms with E-state index in [0.717, 1.165) is 33.1 Å². The summed E-state index contributed by atoms with van der Waals surface area (Å²) in [4.78, 5) is 4.92. The smallest absolute Gasteiger partial charge is 0.145 e. The predicted octanol–water partition coefficient (Wildman–Crippen LogP) is 6.11. The van der Waals surface area contributed by atoms with Crippen LogP contribution in [-0.4, -0.2) is 4.98 Å².